The van der Waals surface area contributed by atoms with Gasteiger partial charge in [-0.1, -0.05) is 24.3 Å². The number of nitrogens with one attached hydrogen (secondary N) is 2. The zero-order chi connectivity index (χ0) is 17.4. The highest BCUT2D eigenvalue weighted by Crippen LogP contribution is 2.32. The summed E-state index contributed by atoms with van der Waals surface area (Å²) in [6.45, 7) is 1.45. The summed E-state index contributed by atoms with van der Waals surface area (Å²) in [7, 11) is 1.63. The number of aromatic nitrogens is 2. The smallest absolute Gasteiger partial charge is 0.223 e. The molecule has 1 aromatic heterocycles. The first kappa shape index (κ1) is 15.2. The minimum absolute atomic E-state index is 0.190. The number of hydrogen-bond acceptors (Lipinski definition) is 5. The molecule has 0 unspecified atom stereocenters. The first-order valence-corrected chi connectivity index (χ1v) is 7.89. The van der Waals surface area contributed by atoms with Gasteiger partial charge in [0.1, 0.15) is 5.75 Å². The molecule has 0 spiro atoms. The molecule has 25 heavy (non-hydrogen) atoms. The molecule has 0 bridgehead atoms. The number of amides is 1. The van der Waals surface area contributed by atoms with E-state index in [2.05, 4.69) is 20.6 Å². The monoisotopic (exact) mass is 335 g/mol. The van der Waals surface area contributed by atoms with Crippen molar-refractivity contribution in [3.05, 3.63) is 54.1 Å². The number of rotatable bonds is 2. The van der Waals surface area contributed by atoms with Crippen molar-refractivity contribution in [1.29, 1.82) is 0 Å². The molecule has 2 heterocycles. The van der Waals surface area contributed by atoms with Crippen molar-refractivity contribution in [1.82, 2.24) is 14.9 Å². The molecule has 7 nitrogen and oxygen atoms in total. The molecule has 1 aliphatic rings. The summed E-state index contributed by atoms with van der Waals surface area (Å²) in [5, 5.41) is 5.80. The van der Waals surface area contributed by atoms with Gasteiger partial charge in [-0.15, -0.1) is 0 Å². The van der Waals surface area contributed by atoms with Gasteiger partial charge in [0.2, 0.25) is 17.8 Å². The van der Waals surface area contributed by atoms with Crippen LogP contribution in [0.15, 0.2) is 53.5 Å². The minimum atomic E-state index is -0.337. The minimum Gasteiger partial charge on any atom is -0.497 e. The number of methoxy groups -OCH3 is 1. The number of aliphatic imine (C=N–C) groups is 1. The number of carbonyl (C=O) groups excluding carboxylic acids is 1. The van der Waals surface area contributed by atoms with Gasteiger partial charge in [-0.3, -0.25) is 20.0 Å². The van der Waals surface area contributed by atoms with Crippen molar-refractivity contribution in [2.45, 2.75) is 13.1 Å². The van der Waals surface area contributed by atoms with Crippen LogP contribution < -0.4 is 15.4 Å². The molecule has 2 N–H and O–H groups in total. The highest BCUT2D eigenvalue weighted by Gasteiger charge is 2.26. The predicted octanol–water partition coefficient (Wildman–Crippen LogP) is 2.51. The maximum atomic E-state index is 11.4. The Hall–Kier alpha value is -3.35. The fourth-order valence-electron chi connectivity index (χ4n) is 2.93. The summed E-state index contributed by atoms with van der Waals surface area (Å²) in [5.41, 5.74) is 2.80. The van der Waals surface area contributed by atoms with E-state index in [4.69, 9.17) is 4.74 Å². The Kier molecular flexibility index (Phi) is 3.61. The van der Waals surface area contributed by atoms with Crippen LogP contribution in [0.3, 0.4) is 0 Å². The van der Waals surface area contributed by atoms with Gasteiger partial charge in [0.05, 0.1) is 18.1 Å². The standard InChI is InChI=1S/C18H17N5O2/c1-11(24)19-17-21-16(12-7-9-13(25-2)10-8-12)23-15-6-4-3-5-14(15)20-18(23)22-17/h3-10,16H,1-2H3,(H2,19,20,21,22,24)/t16-/m1/s1. The molecule has 1 atom stereocenters. The Labute approximate surface area is 144 Å². The number of guanidine groups is 1. The highest BCUT2D eigenvalue weighted by molar-refractivity contribution is 6.04. The molecule has 2 aromatic carbocycles. The summed E-state index contributed by atoms with van der Waals surface area (Å²) in [5.74, 6) is 1.61. The van der Waals surface area contributed by atoms with Crippen LogP contribution in [0.2, 0.25) is 0 Å². The van der Waals surface area contributed by atoms with E-state index in [1.54, 1.807) is 7.11 Å². The Bertz CT molecular complexity index is 975. The number of ether oxygens (including phenoxy) is 1. The van der Waals surface area contributed by atoms with Crippen LogP contribution >= 0.6 is 0 Å². The van der Waals surface area contributed by atoms with Crippen molar-refractivity contribution in [3.8, 4) is 5.75 Å². The predicted molar refractivity (Wildman–Crippen MR) is 95.7 cm³/mol. The average Bonchev–Trinajstić information content (AvgIpc) is 2.99. The number of nitrogens with zero attached hydrogens (tertiary/aromatic N) is 3. The maximum Gasteiger partial charge on any atom is 0.223 e. The second kappa shape index (κ2) is 5.94. The number of hydrogen-bond donors (Lipinski definition) is 2. The molecule has 1 aliphatic heterocycles. The fraction of sp³-hybridized carbons (Fsp3) is 0.167. The number of anilines is 1. The van der Waals surface area contributed by atoms with Crippen molar-refractivity contribution >= 4 is 28.8 Å². The van der Waals surface area contributed by atoms with Crippen molar-refractivity contribution in [3.63, 3.8) is 0 Å². The second-order valence-corrected chi connectivity index (χ2v) is 5.72. The number of fused-ring (bicyclic) bond motifs is 3. The van der Waals surface area contributed by atoms with E-state index in [9.17, 15) is 4.79 Å². The number of benzene rings is 2. The SMILES string of the molecule is COc1ccc([C@@H]2N=C(NC(C)=O)Nc3nc4ccccc4n32)cc1. The topological polar surface area (TPSA) is 80.5 Å². The lowest BCUT2D eigenvalue weighted by atomic mass is 10.1. The average molecular weight is 335 g/mol. The van der Waals surface area contributed by atoms with Gasteiger partial charge in [-0.25, -0.2) is 9.98 Å². The Morgan fingerprint density at radius 2 is 1.96 bits per heavy atom. The summed E-state index contributed by atoms with van der Waals surface area (Å²) in [6, 6.07) is 15.6. The lowest BCUT2D eigenvalue weighted by Crippen LogP contribution is -2.38. The highest BCUT2D eigenvalue weighted by atomic mass is 16.5. The van der Waals surface area contributed by atoms with E-state index in [1.165, 1.54) is 6.92 Å². The van der Waals surface area contributed by atoms with Crippen LogP contribution in [0.25, 0.3) is 11.0 Å². The molecule has 3 aromatic rings. The van der Waals surface area contributed by atoms with Crippen molar-refractivity contribution < 1.29 is 9.53 Å². The van der Waals surface area contributed by atoms with Crippen LogP contribution in [0.5, 0.6) is 5.75 Å². The zero-order valence-corrected chi connectivity index (χ0v) is 13.9. The summed E-state index contributed by atoms with van der Waals surface area (Å²) < 4.78 is 7.25. The molecular weight excluding hydrogens is 318 g/mol. The van der Waals surface area contributed by atoms with Crippen LogP contribution in [0.1, 0.15) is 18.7 Å². The van der Waals surface area contributed by atoms with E-state index in [1.807, 2.05) is 53.1 Å². The van der Waals surface area contributed by atoms with Gasteiger partial charge >= 0.3 is 0 Å². The third-order valence-corrected chi connectivity index (χ3v) is 4.03. The molecule has 0 aliphatic carbocycles. The van der Waals surface area contributed by atoms with Crippen LogP contribution in [0, 0.1) is 0 Å². The van der Waals surface area contributed by atoms with Crippen molar-refractivity contribution in [2.75, 3.05) is 12.4 Å². The van der Waals surface area contributed by atoms with E-state index < -0.39 is 0 Å². The molecule has 1 amide bonds. The Balaban J connectivity index is 1.86. The molecular formula is C18H17N5O2. The van der Waals surface area contributed by atoms with Crippen LogP contribution in [-0.4, -0.2) is 28.5 Å². The normalized spacial score (nSPS) is 15.9. The van der Waals surface area contributed by atoms with E-state index in [0.29, 0.717) is 11.9 Å². The summed E-state index contributed by atoms with van der Waals surface area (Å²) in [6.07, 6.45) is -0.337. The molecule has 0 radical (unpaired) electrons. The van der Waals surface area contributed by atoms with E-state index >= 15 is 0 Å². The Morgan fingerprint density at radius 1 is 1.20 bits per heavy atom. The van der Waals surface area contributed by atoms with Gasteiger partial charge < -0.3 is 4.74 Å². The number of para-hydroxylation sites is 2. The summed E-state index contributed by atoms with van der Waals surface area (Å²) in [4.78, 5) is 20.7. The first-order chi connectivity index (χ1) is 12.2. The molecule has 0 saturated heterocycles. The summed E-state index contributed by atoms with van der Waals surface area (Å²) >= 11 is 0. The van der Waals surface area contributed by atoms with Crippen LogP contribution in [-0.2, 0) is 4.79 Å². The molecule has 0 saturated carbocycles. The zero-order valence-electron chi connectivity index (χ0n) is 13.9. The molecule has 7 heteroatoms. The van der Waals surface area contributed by atoms with Gasteiger partial charge in [0.25, 0.3) is 0 Å². The number of imidazole rings is 1. The Morgan fingerprint density at radius 3 is 2.68 bits per heavy atom. The largest absolute Gasteiger partial charge is 0.497 e. The van der Waals surface area contributed by atoms with Gasteiger partial charge in [0, 0.05) is 6.92 Å². The third kappa shape index (κ3) is 2.69. The third-order valence-electron chi connectivity index (χ3n) is 4.03. The molecule has 126 valence electrons. The number of carbonyl (C=O) groups is 1. The van der Waals surface area contributed by atoms with E-state index in [0.717, 1.165) is 22.3 Å². The van der Waals surface area contributed by atoms with Crippen LogP contribution in [0.4, 0.5) is 5.95 Å². The lowest BCUT2D eigenvalue weighted by molar-refractivity contribution is -0.117. The lowest BCUT2D eigenvalue weighted by Gasteiger charge is -2.25. The van der Waals surface area contributed by atoms with Gasteiger partial charge in [-0.05, 0) is 29.8 Å². The van der Waals surface area contributed by atoms with Gasteiger partial charge in [0.15, 0.2) is 6.17 Å². The second-order valence-electron chi connectivity index (χ2n) is 5.72. The quantitative estimate of drug-likeness (QED) is 0.754. The fourth-order valence-corrected chi connectivity index (χ4v) is 2.93. The molecule has 4 rings (SSSR count). The van der Waals surface area contributed by atoms with Crippen molar-refractivity contribution in [2.24, 2.45) is 4.99 Å². The first-order valence-electron chi connectivity index (χ1n) is 7.89. The molecule has 0 fully saturated rings. The van der Waals surface area contributed by atoms with Gasteiger partial charge in [-0.2, -0.15) is 0 Å². The van der Waals surface area contributed by atoms with E-state index in [-0.39, 0.29) is 12.1 Å². The maximum absolute atomic E-state index is 11.4.